The molecule has 0 spiro atoms. The third-order valence-corrected chi connectivity index (χ3v) is 2.77. The summed E-state index contributed by atoms with van der Waals surface area (Å²) in [6.07, 6.45) is 1.51. The Hall–Kier alpha value is -0.0400. The Morgan fingerprint density at radius 2 is 2.22 bits per heavy atom. The Kier molecular flexibility index (Phi) is 1.10. The molecule has 0 aromatic heterocycles. The lowest BCUT2D eigenvalue weighted by Crippen LogP contribution is -2.31. The lowest BCUT2D eigenvalue weighted by molar-refractivity contribution is 0.408. The van der Waals surface area contributed by atoms with Crippen LogP contribution in [-0.4, -0.2) is 12.6 Å². The van der Waals surface area contributed by atoms with Crippen LogP contribution in [0.4, 0.5) is 0 Å². The Morgan fingerprint density at radius 1 is 1.44 bits per heavy atom. The van der Waals surface area contributed by atoms with E-state index in [4.69, 9.17) is 0 Å². The molecule has 0 bridgehead atoms. The third-order valence-electron chi connectivity index (χ3n) is 2.77. The molecule has 1 heterocycles. The Morgan fingerprint density at radius 3 is 2.44 bits per heavy atom. The van der Waals surface area contributed by atoms with E-state index in [-0.39, 0.29) is 0 Å². The molecular formula is C8H15N. The normalized spacial score (nSPS) is 47.7. The zero-order chi connectivity index (χ0) is 6.43. The minimum atomic E-state index is 0.850. The van der Waals surface area contributed by atoms with Gasteiger partial charge in [-0.3, -0.25) is 0 Å². The molecule has 0 amide bonds. The van der Waals surface area contributed by atoms with Crippen molar-refractivity contribution in [1.82, 2.24) is 5.32 Å². The second kappa shape index (κ2) is 1.72. The van der Waals surface area contributed by atoms with Crippen LogP contribution in [0.2, 0.25) is 0 Å². The maximum atomic E-state index is 3.56. The first-order chi connectivity index (χ1) is 4.29. The standard InChI is InChI=1S/C8H15N/c1-5(2)8-7-3-6(7)4-9-8/h5-9H,3-4H2,1-2H3. The zero-order valence-corrected chi connectivity index (χ0v) is 6.22. The molecule has 1 saturated heterocycles. The minimum Gasteiger partial charge on any atom is -0.313 e. The predicted octanol–water partition coefficient (Wildman–Crippen LogP) is 1.25. The summed E-state index contributed by atoms with van der Waals surface area (Å²) in [4.78, 5) is 0. The summed E-state index contributed by atoms with van der Waals surface area (Å²) in [5, 5.41) is 3.56. The van der Waals surface area contributed by atoms with E-state index in [0.717, 1.165) is 23.8 Å². The summed E-state index contributed by atoms with van der Waals surface area (Å²) < 4.78 is 0. The van der Waals surface area contributed by atoms with Gasteiger partial charge in [0.25, 0.3) is 0 Å². The molecule has 0 aromatic carbocycles. The van der Waals surface area contributed by atoms with Crippen molar-refractivity contribution >= 4 is 0 Å². The minimum absolute atomic E-state index is 0.850. The van der Waals surface area contributed by atoms with E-state index < -0.39 is 0 Å². The fraction of sp³-hybridized carbons (Fsp3) is 1.00. The average Bonchev–Trinajstić information content (AvgIpc) is 2.43. The van der Waals surface area contributed by atoms with Crippen molar-refractivity contribution in [3.8, 4) is 0 Å². The highest BCUT2D eigenvalue weighted by Crippen LogP contribution is 2.46. The molecule has 2 rings (SSSR count). The fourth-order valence-corrected chi connectivity index (χ4v) is 2.11. The summed E-state index contributed by atoms with van der Waals surface area (Å²) in [6, 6.07) is 0.856. The van der Waals surface area contributed by atoms with Crippen molar-refractivity contribution in [2.24, 2.45) is 17.8 Å². The van der Waals surface area contributed by atoms with Gasteiger partial charge in [-0.05, 0) is 30.7 Å². The largest absolute Gasteiger partial charge is 0.313 e. The monoisotopic (exact) mass is 125 g/mol. The van der Waals surface area contributed by atoms with Gasteiger partial charge in [-0.15, -0.1) is 0 Å². The van der Waals surface area contributed by atoms with Gasteiger partial charge in [-0.1, -0.05) is 13.8 Å². The molecule has 1 heteroatoms. The van der Waals surface area contributed by atoms with Crippen LogP contribution in [0, 0.1) is 17.8 Å². The van der Waals surface area contributed by atoms with Crippen molar-refractivity contribution in [3.63, 3.8) is 0 Å². The number of hydrogen-bond acceptors (Lipinski definition) is 1. The van der Waals surface area contributed by atoms with Crippen LogP contribution in [0.1, 0.15) is 20.3 Å². The summed E-state index contributed by atoms with van der Waals surface area (Å²) in [6.45, 7) is 5.93. The van der Waals surface area contributed by atoms with Crippen LogP contribution >= 0.6 is 0 Å². The van der Waals surface area contributed by atoms with Gasteiger partial charge in [-0.25, -0.2) is 0 Å². The summed E-state index contributed by atoms with van der Waals surface area (Å²) in [7, 11) is 0. The first kappa shape index (κ1) is 5.72. The summed E-state index contributed by atoms with van der Waals surface area (Å²) in [5.41, 5.74) is 0. The molecule has 52 valence electrons. The number of rotatable bonds is 1. The van der Waals surface area contributed by atoms with Gasteiger partial charge in [-0.2, -0.15) is 0 Å². The van der Waals surface area contributed by atoms with Crippen molar-refractivity contribution in [2.45, 2.75) is 26.3 Å². The highest BCUT2D eigenvalue weighted by atomic mass is 15.0. The molecule has 2 fully saturated rings. The molecular weight excluding hydrogens is 110 g/mol. The molecule has 0 aromatic rings. The van der Waals surface area contributed by atoms with E-state index in [2.05, 4.69) is 19.2 Å². The molecule has 1 N–H and O–H groups in total. The molecule has 1 aliphatic carbocycles. The molecule has 9 heavy (non-hydrogen) atoms. The van der Waals surface area contributed by atoms with Crippen LogP contribution in [0.5, 0.6) is 0 Å². The molecule has 3 unspecified atom stereocenters. The maximum Gasteiger partial charge on any atom is 0.0122 e. The second-order valence-corrected chi connectivity index (χ2v) is 3.84. The number of fused-ring (bicyclic) bond motifs is 1. The number of piperidine rings is 1. The quantitative estimate of drug-likeness (QED) is 0.556. The lowest BCUT2D eigenvalue weighted by atomic mass is 10.0. The van der Waals surface area contributed by atoms with E-state index in [9.17, 15) is 0 Å². The van der Waals surface area contributed by atoms with E-state index in [1.165, 1.54) is 13.0 Å². The van der Waals surface area contributed by atoms with Gasteiger partial charge in [0.15, 0.2) is 0 Å². The van der Waals surface area contributed by atoms with E-state index in [1.807, 2.05) is 0 Å². The Labute approximate surface area is 56.8 Å². The highest BCUT2D eigenvalue weighted by molar-refractivity contribution is 5.03. The van der Waals surface area contributed by atoms with Crippen molar-refractivity contribution in [3.05, 3.63) is 0 Å². The summed E-state index contributed by atoms with van der Waals surface area (Å²) in [5.74, 6) is 2.98. The third kappa shape index (κ3) is 0.787. The summed E-state index contributed by atoms with van der Waals surface area (Å²) >= 11 is 0. The maximum absolute atomic E-state index is 3.56. The average molecular weight is 125 g/mol. The molecule has 0 radical (unpaired) electrons. The molecule has 1 saturated carbocycles. The van der Waals surface area contributed by atoms with Gasteiger partial charge in [0.05, 0.1) is 0 Å². The number of hydrogen-bond donors (Lipinski definition) is 1. The SMILES string of the molecule is CC(C)C1NCC2CC21. The first-order valence-corrected chi connectivity index (χ1v) is 4.02. The Balaban J connectivity index is 1.98. The highest BCUT2D eigenvalue weighted by Gasteiger charge is 2.48. The van der Waals surface area contributed by atoms with Crippen LogP contribution < -0.4 is 5.32 Å². The van der Waals surface area contributed by atoms with Gasteiger partial charge < -0.3 is 5.32 Å². The molecule has 1 nitrogen and oxygen atoms in total. The second-order valence-electron chi connectivity index (χ2n) is 3.84. The lowest BCUT2D eigenvalue weighted by Gasteiger charge is -2.16. The topological polar surface area (TPSA) is 12.0 Å². The molecule has 3 atom stereocenters. The van der Waals surface area contributed by atoms with Gasteiger partial charge in [0, 0.05) is 6.04 Å². The molecule has 2 aliphatic rings. The van der Waals surface area contributed by atoms with Gasteiger partial charge in [0.1, 0.15) is 0 Å². The van der Waals surface area contributed by atoms with Gasteiger partial charge >= 0.3 is 0 Å². The van der Waals surface area contributed by atoms with Crippen LogP contribution in [-0.2, 0) is 0 Å². The van der Waals surface area contributed by atoms with Crippen LogP contribution in [0.15, 0.2) is 0 Å². The van der Waals surface area contributed by atoms with E-state index >= 15 is 0 Å². The van der Waals surface area contributed by atoms with E-state index in [0.29, 0.717) is 0 Å². The van der Waals surface area contributed by atoms with Crippen LogP contribution in [0.25, 0.3) is 0 Å². The van der Waals surface area contributed by atoms with Crippen LogP contribution in [0.3, 0.4) is 0 Å². The first-order valence-electron chi connectivity index (χ1n) is 4.02. The molecule has 1 aliphatic heterocycles. The van der Waals surface area contributed by atoms with Crippen molar-refractivity contribution < 1.29 is 0 Å². The Bertz CT molecular complexity index is 120. The van der Waals surface area contributed by atoms with Crippen molar-refractivity contribution in [1.29, 1.82) is 0 Å². The number of nitrogens with one attached hydrogen (secondary N) is 1. The van der Waals surface area contributed by atoms with Gasteiger partial charge in [0.2, 0.25) is 0 Å². The van der Waals surface area contributed by atoms with Crippen molar-refractivity contribution in [2.75, 3.05) is 6.54 Å². The fourth-order valence-electron chi connectivity index (χ4n) is 2.11. The van der Waals surface area contributed by atoms with E-state index in [1.54, 1.807) is 0 Å². The zero-order valence-electron chi connectivity index (χ0n) is 6.22. The predicted molar refractivity (Wildman–Crippen MR) is 38.2 cm³/mol. The smallest absolute Gasteiger partial charge is 0.0122 e.